The highest BCUT2D eigenvalue weighted by Crippen LogP contribution is 2.32. The van der Waals surface area contributed by atoms with Crippen molar-refractivity contribution in [1.82, 2.24) is 29.9 Å². The molecule has 8 nitrogen and oxygen atoms in total. The van der Waals surface area contributed by atoms with Gasteiger partial charge in [0, 0.05) is 36.8 Å². The molecule has 0 amide bonds. The second-order valence-corrected chi connectivity index (χ2v) is 10.9. The topological polar surface area (TPSA) is 97.0 Å². The zero-order valence-electron chi connectivity index (χ0n) is 24.4. The number of likely N-dealkylation sites (tertiary alicyclic amines) is 1. The number of fused-ring (bicyclic) bond motifs is 2. The number of carbonyl (C=O) groups is 1. The summed E-state index contributed by atoms with van der Waals surface area (Å²) in [4.78, 5) is 21.1. The van der Waals surface area contributed by atoms with Gasteiger partial charge in [0.25, 0.3) is 0 Å². The quantitative estimate of drug-likeness (QED) is 0.200. The first-order valence-corrected chi connectivity index (χ1v) is 14.6. The SMILES string of the molecule is Fc1ccc2nc(-c3ccc(CN4CCC(n5nnc6ccccc65)CC4)cc3)c(-c3ccccc3)nc2c1.O=C(O)C(F)(F)F. The Morgan fingerprint density at radius 1 is 0.783 bits per heavy atom. The van der Waals surface area contributed by atoms with Gasteiger partial charge in [-0.15, -0.1) is 5.10 Å². The highest BCUT2D eigenvalue weighted by molar-refractivity contribution is 5.86. The molecule has 0 saturated carbocycles. The Bertz CT molecular complexity index is 1970. The summed E-state index contributed by atoms with van der Waals surface area (Å²) in [5.74, 6) is -3.07. The average molecular weight is 629 g/mol. The molecule has 0 atom stereocenters. The number of carboxylic acid groups (broad SMARTS) is 1. The van der Waals surface area contributed by atoms with E-state index in [9.17, 15) is 17.6 Å². The van der Waals surface area contributed by atoms with E-state index in [2.05, 4.69) is 50.2 Å². The van der Waals surface area contributed by atoms with Gasteiger partial charge in [-0.25, -0.2) is 23.8 Å². The molecule has 234 valence electrons. The van der Waals surface area contributed by atoms with Crippen LogP contribution in [0.15, 0.2) is 97.1 Å². The summed E-state index contributed by atoms with van der Waals surface area (Å²) in [6.45, 7) is 2.94. The van der Waals surface area contributed by atoms with Gasteiger partial charge in [-0.2, -0.15) is 13.2 Å². The molecule has 1 aliphatic heterocycles. The van der Waals surface area contributed by atoms with Crippen molar-refractivity contribution in [3.8, 4) is 22.5 Å². The van der Waals surface area contributed by atoms with Crippen LogP contribution >= 0.6 is 0 Å². The largest absolute Gasteiger partial charge is 0.490 e. The van der Waals surface area contributed by atoms with E-state index in [-0.39, 0.29) is 5.82 Å². The van der Waals surface area contributed by atoms with Crippen molar-refractivity contribution in [2.45, 2.75) is 31.6 Å². The summed E-state index contributed by atoms with van der Waals surface area (Å²) in [5.41, 5.74) is 8.07. The van der Waals surface area contributed by atoms with Gasteiger partial charge in [0.1, 0.15) is 11.3 Å². The van der Waals surface area contributed by atoms with Crippen LogP contribution in [0.4, 0.5) is 17.6 Å². The maximum Gasteiger partial charge on any atom is 0.490 e. The van der Waals surface area contributed by atoms with E-state index in [1.54, 1.807) is 6.07 Å². The average Bonchev–Trinajstić information content (AvgIpc) is 3.49. The lowest BCUT2D eigenvalue weighted by Gasteiger charge is -2.32. The third-order valence-corrected chi connectivity index (χ3v) is 7.83. The molecule has 1 saturated heterocycles. The lowest BCUT2D eigenvalue weighted by atomic mass is 10.0. The molecule has 12 heteroatoms. The van der Waals surface area contributed by atoms with E-state index in [1.165, 1.54) is 17.7 Å². The number of para-hydroxylation sites is 1. The van der Waals surface area contributed by atoms with Crippen LogP contribution in [0.2, 0.25) is 0 Å². The van der Waals surface area contributed by atoms with Crippen molar-refractivity contribution >= 4 is 28.0 Å². The normalized spacial score (nSPS) is 14.3. The summed E-state index contributed by atoms with van der Waals surface area (Å²) in [6.07, 6.45) is -2.97. The van der Waals surface area contributed by atoms with Gasteiger partial charge in [0.15, 0.2) is 0 Å². The molecular weight excluding hydrogens is 600 g/mol. The Hall–Kier alpha value is -5.23. The highest BCUT2D eigenvalue weighted by Gasteiger charge is 2.38. The molecule has 0 aliphatic carbocycles. The maximum absolute atomic E-state index is 13.9. The van der Waals surface area contributed by atoms with Crippen LogP contribution in [0, 0.1) is 5.82 Å². The molecule has 2 aromatic heterocycles. The van der Waals surface area contributed by atoms with Gasteiger partial charge >= 0.3 is 12.1 Å². The standard InChI is InChI=1S/C32H27FN6.C2HF3O2/c33-25-14-15-27-29(20-25)35-31(23-6-2-1-3-7-23)32(34-27)24-12-10-22(11-13-24)21-38-18-16-26(17-19-38)39-30-9-5-4-8-28(30)36-37-39;3-2(4,5)1(6)7/h1-15,20,26H,16-19,21H2;(H,6,7). The number of aliphatic carboxylic acids is 1. The molecule has 1 aliphatic rings. The van der Waals surface area contributed by atoms with E-state index in [0.29, 0.717) is 17.1 Å². The molecule has 6 aromatic rings. The van der Waals surface area contributed by atoms with Gasteiger partial charge in [0.05, 0.1) is 34.0 Å². The van der Waals surface area contributed by atoms with Crippen LogP contribution in [0.3, 0.4) is 0 Å². The van der Waals surface area contributed by atoms with Gasteiger partial charge in [0.2, 0.25) is 0 Å². The number of carboxylic acids is 1. The van der Waals surface area contributed by atoms with Crippen molar-refractivity contribution in [1.29, 1.82) is 0 Å². The Morgan fingerprint density at radius 2 is 1.39 bits per heavy atom. The van der Waals surface area contributed by atoms with E-state index in [0.717, 1.165) is 66.0 Å². The van der Waals surface area contributed by atoms with Gasteiger partial charge < -0.3 is 5.11 Å². The molecule has 1 N–H and O–H groups in total. The van der Waals surface area contributed by atoms with Gasteiger partial charge in [-0.3, -0.25) is 4.90 Å². The summed E-state index contributed by atoms with van der Waals surface area (Å²) < 4.78 is 47.7. The molecule has 1 fully saturated rings. The smallest absolute Gasteiger partial charge is 0.475 e. The number of hydrogen-bond donors (Lipinski definition) is 1. The van der Waals surface area contributed by atoms with Crippen LogP contribution < -0.4 is 0 Å². The monoisotopic (exact) mass is 628 g/mol. The minimum Gasteiger partial charge on any atom is -0.475 e. The maximum atomic E-state index is 13.9. The Labute approximate surface area is 260 Å². The first kappa shape index (κ1) is 30.8. The third kappa shape index (κ3) is 6.86. The minimum atomic E-state index is -5.08. The van der Waals surface area contributed by atoms with Crippen molar-refractivity contribution in [2.24, 2.45) is 0 Å². The Kier molecular flexibility index (Phi) is 8.71. The van der Waals surface area contributed by atoms with Crippen LogP contribution in [0.25, 0.3) is 44.6 Å². The Balaban J connectivity index is 0.000000480. The molecule has 0 unspecified atom stereocenters. The Morgan fingerprint density at radius 3 is 2.07 bits per heavy atom. The number of benzene rings is 4. The van der Waals surface area contributed by atoms with E-state index in [4.69, 9.17) is 19.9 Å². The molecule has 4 aromatic carbocycles. The first-order valence-electron chi connectivity index (χ1n) is 14.6. The van der Waals surface area contributed by atoms with E-state index in [1.807, 2.05) is 48.5 Å². The first-order chi connectivity index (χ1) is 22.2. The number of halogens is 4. The predicted octanol–water partition coefficient (Wildman–Crippen LogP) is 7.32. The fourth-order valence-corrected chi connectivity index (χ4v) is 5.53. The van der Waals surface area contributed by atoms with Crippen LogP contribution in [0.1, 0.15) is 24.4 Å². The highest BCUT2D eigenvalue weighted by atomic mass is 19.4. The van der Waals surface area contributed by atoms with Crippen molar-refractivity contribution < 1.29 is 27.5 Å². The van der Waals surface area contributed by atoms with E-state index < -0.39 is 12.1 Å². The molecule has 0 bridgehead atoms. The number of alkyl halides is 3. The van der Waals surface area contributed by atoms with Gasteiger partial charge in [-0.1, -0.05) is 71.9 Å². The number of hydrogen-bond acceptors (Lipinski definition) is 6. The van der Waals surface area contributed by atoms with E-state index >= 15 is 0 Å². The van der Waals surface area contributed by atoms with Crippen molar-refractivity contribution in [3.63, 3.8) is 0 Å². The zero-order chi connectivity index (χ0) is 32.3. The summed E-state index contributed by atoms with van der Waals surface area (Å²) in [7, 11) is 0. The number of piperidine rings is 1. The molecule has 46 heavy (non-hydrogen) atoms. The van der Waals surface area contributed by atoms with Gasteiger partial charge in [-0.05, 0) is 42.7 Å². The lowest BCUT2D eigenvalue weighted by Crippen LogP contribution is -2.34. The fourth-order valence-electron chi connectivity index (χ4n) is 5.53. The number of rotatable bonds is 5. The third-order valence-electron chi connectivity index (χ3n) is 7.83. The second kappa shape index (κ2) is 13.0. The van der Waals surface area contributed by atoms with Crippen molar-refractivity contribution in [3.05, 3.63) is 108 Å². The molecular formula is C34H28F4N6O2. The lowest BCUT2D eigenvalue weighted by molar-refractivity contribution is -0.192. The molecule has 3 heterocycles. The summed E-state index contributed by atoms with van der Waals surface area (Å²) >= 11 is 0. The number of aromatic nitrogens is 5. The summed E-state index contributed by atoms with van der Waals surface area (Å²) in [5, 5.41) is 15.9. The van der Waals surface area contributed by atoms with Crippen LogP contribution in [-0.4, -0.2) is 60.2 Å². The molecule has 0 radical (unpaired) electrons. The zero-order valence-corrected chi connectivity index (χ0v) is 24.4. The fraction of sp³-hybridized carbons (Fsp3) is 0.206. The molecule has 0 spiro atoms. The van der Waals surface area contributed by atoms with Crippen molar-refractivity contribution in [2.75, 3.05) is 13.1 Å². The van der Waals surface area contributed by atoms with Crippen LogP contribution in [0.5, 0.6) is 0 Å². The van der Waals surface area contributed by atoms with Crippen LogP contribution in [-0.2, 0) is 11.3 Å². The number of nitrogens with zero attached hydrogens (tertiary/aromatic N) is 6. The minimum absolute atomic E-state index is 0.313. The molecule has 7 rings (SSSR count). The predicted molar refractivity (Wildman–Crippen MR) is 165 cm³/mol. The summed E-state index contributed by atoms with van der Waals surface area (Å²) in [6, 6.07) is 31.7. The second-order valence-electron chi connectivity index (χ2n) is 10.9.